The van der Waals surface area contributed by atoms with Crippen molar-refractivity contribution in [2.45, 2.75) is 39.7 Å². The Balaban J connectivity index is 1.54. The number of halogens is 1. The number of ether oxygens (including phenoxy) is 1. The second-order valence-electron chi connectivity index (χ2n) is 9.49. The lowest BCUT2D eigenvalue weighted by Gasteiger charge is -2.37. The second kappa shape index (κ2) is 12.1. The molecule has 2 atom stereocenters. The smallest absolute Gasteiger partial charge is 0.254 e. The minimum Gasteiger partial charge on any atom is -0.491 e. The monoisotopic (exact) mass is 568 g/mol. The number of carbonyl (C=O) groups is 2. The molecule has 2 heterocycles. The molecular weight excluding hydrogens is 536 g/mol. The number of hydrogen-bond acceptors (Lipinski definition) is 4. The van der Waals surface area contributed by atoms with Crippen LogP contribution in [0.2, 0.25) is 0 Å². The van der Waals surface area contributed by atoms with Crippen molar-refractivity contribution >= 4 is 39.1 Å². The van der Waals surface area contributed by atoms with E-state index in [1.54, 1.807) is 22.3 Å². The van der Waals surface area contributed by atoms with Gasteiger partial charge >= 0.3 is 0 Å². The summed E-state index contributed by atoms with van der Waals surface area (Å²) in [6.07, 6.45) is 1.76. The van der Waals surface area contributed by atoms with Gasteiger partial charge in [-0.05, 0) is 66.6 Å². The molecule has 2 aromatic carbocycles. The van der Waals surface area contributed by atoms with Gasteiger partial charge in [-0.25, -0.2) is 0 Å². The van der Waals surface area contributed by atoms with Gasteiger partial charge in [0, 0.05) is 28.0 Å². The number of carbonyl (C=O) groups excluding carboxylic acids is 2. The van der Waals surface area contributed by atoms with Gasteiger partial charge in [-0.2, -0.15) is 0 Å². The minimum absolute atomic E-state index is 0.0454. The molecule has 1 aliphatic heterocycles. The van der Waals surface area contributed by atoms with Crippen LogP contribution in [-0.4, -0.2) is 47.9 Å². The fraction of sp³-hybridized carbons (Fsp3) is 0.379. The number of nitrogens with zero attached hydrogens (tertiary/aromatic N) is 2. The zero-order valence-electron chi connectivity index (χ0n) is 21.1. The minimum atomic E-state index is -0.180. The molecule has 0 N–H and O–H groups in total. The SMILES string of the molecule is CC[C@@H](C)CN(CC(=O)N1CCc2sccc2[C@@H]1COc1ccc(C)cc1)C(=O)c1cccc(Br)c1. The topological polar surface area (TPSA) is 49.9 Å². The first-order valence-electron chi connectivity index (χ1n) is 12.5. The van der Waals surface area contributed by atoms with Crippen molar-refractivity contribution in [1.82, 2.24) is 9.80 Å². The van der Waals surface area contributed by atoms with Crippen LogP contribution in [0.3, 0.4) is 0 Å². The Morgan fingerprint density at radius 2 is 1.97 bits per heavy atom. The zero-order chi connectivity index (χ0) is 25.7. The summed E-state index contributed by atoms with van der Waals surface area (Å²) in [5.41, 5.74) is 2.91. The predicted octanol–water partition coefficient (Wildman–Crippen LogP) is 6.51. The fourth-order valence-electron chi connectivity index (χ4n) is 4.47. The maximum Gasteiger partial charge on any atom is 0.254 e. The quantitative estimate of drug-likeness (QED) is 0.295. The summed E-state index contributed by atoms with van der Waals surface area (Å²) in [4.78, 5) is 32.1. The number of aryl methyl sites for hydroxylation is 1. The van der Waals surface area contributed by atoms with Gasteiger partial charge in [-0.3, -0.25) is 9.59 Å². The Hall–Kier alpha value is -2.64. The van der Waals surface area contributed by atoms with E-state index in [4.69, 9.17) is 4.74 Å². The summed E-state index contributed by atoms with van der Waals surface area (Å²) < 4.78 is 6.99. The van der Waals surface area contributed by atoms with Crippen LogP contribution in [0.5, 0.6) is 5.75 Å². The average molecular weight is 570 g/mol. The van der Waals surface area contributed by atoms with E-state index in [9.17, 15) is 9.59 Å². The summed E-state index contributed by atoms with van der Waals surface area (Å²) in [5, 5.41) is 2.09. The van der Waals surface area contributed by atoms with Gasteiger partial charge in [-0.1, -0.05) is 60.0 Å². The first-order chi connectivity index (χ1) is 17.4. The number of rotatable bonds is 9. The van der Waals surface area contributed by atoms with E-state index in [0.29, 0.717) is 31.2 Å². The highest BCUT2D eigenvalue weighted by Crippen LogP contribution is 2.34. The molecule has 0 bridgehead atoms. The van der Waals surface area contributed by atoms with Crippen LogP contribution in [0.15, 0.2) is 64.5 Å². The molecule has 0 aliphatic carbocycles. The Morgan fingerprint density at radius 1 is 1.19 bits per heavy atom. The lowest BCUT2D eigenvalue weighted by atomic mass is 10.00. The first kappa shape index (κ1) is 26.4. The van der Waals surface area contributed by atoms with Crippen LogP contribution in [0, 0.1) is 12.8 Å². The molecule has 2 amide bonds. The molecule has 0 saturated heterocycles. The summed E-state index contributed by atoms with van der Waals surface area (Å²) in [7, 11) is 0. The van der Waals surface area contributed by atoms with Crippen molar-refractivity contribution in [2.75, 3.05) is 26.2 Å². The summed E-state index contributed by atoms with van der Waals surface area (Å²) >= 11 is 5.19. The van der Waals surface area contributed by atoms with E-state index < -0.39 is 0 Å². The van der Waals surface area contributed by atoms with Crippen LogP contribution < -0.4 is 4.74 Å². The first-order valence-corrected chi connectivity index (χ1v) is 14.1. The normalized spacial score (nSPS) is 15.8. The molecule has 5 nitrogen and oxygen atoms in total. The molecule has 1 aromatic heterocycles. The zero-order valence-corrected chi connectivity index (χ0v) is 23.5. The molecule has 1 aliphatic rings. The van der Waals surface area contributed by atoms with Gasteiger partial charge in [0.15, 0.2) is 0 Å². The lowest BCUT2D eigenvalue weighted by Crippen LogP contribution is -2.48. The molecule has 0 unspecified atom stereocenters. The number of amides is 2. The number of thiophene rings is 1. The Kier molecular flexibility index (Phi) is 8.86. The van der Waals surface area contributed by atoms with Crippen molar-refractivity contribution in [1.29, 1.82) is 0 Å². The Bertz CT molecular complexity index is 1190. The number of benzene rings is 2. The molecule has 3 aromatic rings. The third-order valence-electron chi connectivity index (χ3n) is 6.76. The van der Waals surface area contributed by atoms with E-state index in [1.165, 1.54) is 10.4 Å². The Labute approximate surface area is 226 Å². The molecule has 0 fully saturated rings. The maximum atomic E-state index is 13.7. The van der Waals surface area contributed by atoms with Gasteiger partial charge in [-0.15, -0.1) is 11.3 Å². The van der Waals surface area contributed by atoms with Crippen LogP contribution in [-0.2, 0) is 11.2 Å². The molecule has 0 spiro atoms. The van der Waals surface area contributed by atoms with E-state index in [1.807, 2.05) is 54.3 Å². The highest BCUT2D eigenvalue weighted by atomic mass is 79.9. The van der Waals surface area contributed by atoms with Gasteiger partial charge in [0.2, 0.25) is 5.91 Å². The highest BCUT2D eigenvalue weighted by molar-refractivity contribution is 9.10. The molecule has 36 heavy (non-hydrogen) atoms. The largest absolute Gasteiger partial charge is 0.491 e. The van der Waals surface area contributed by atoms with Gasteiger partial charge in [0.25, 0.3) is 5.91 Å². The van der Waals surface area contributed by atoms with Crippen molar-refractivity contribution in [3.8, 4) is 5.75 Å². The van der Waals surface area contributed by atoms with Gasteiger partial charge in [0.05, 0.1) is 6.04 Å². The van der Waals surface area contributed by atoms with Crippen molar-refractivity contribution in [3.63, 3.8) is 0 Å². The summed E-state index contributed by atoms with van der Waals surface area (Å²) in [6.45, 7) is 7.85. The van der Waals surface area contributed by atoms with Crippen molar-refractivity contribution in [3.05, 3.63) is 86.0 Å². The molecule has 190 valence electrons. The van der Waals surface area contributed by atoms with E-state index in [-0.39, 0.29) is 24.4 Å². The summed E-state index contributed by atoms with van der Waals surface area (Å²) in [6, 6.07) is 17.3. The van der Waals surface area contributed by atoms with Crippen molar-refractivity contribution in [2.24, 2.45) is 5.92 Å². The molecule has 0 saturated carbocycles. The van der Waals surface area contributed by atoms with Crippen LogP contribution in [0.25, 0.3) is 0 Å². The third-order valence-corrected chi connectivity index (χ3v) is 8.25. The van der Waals surface area contributed by atoms with E-state index in [2.05, 4.69) is 41.2 Å². The second-order valence-corrected chi connectivity index (χ2v) is 11.4. The van der Waals surface area contributed by atoms with E-state index in [0.717, 1.165) is 28.6 Å². The summed E-state index contributed by atoms with van der Waals surface area (Å²) in [5.74, 6) is 0.916. The number of hydrogen-bond donors (Lipinski definition) is 0. The predicted molar refractivity (Wildman–Crippen MR) is 149 cm³/mol. The third kappa shape index (κ3) is 6.37. The van der Waals surface area contributed by atoms with Crippen LogP contribution >= 0.6 is 27.3 Å². The fourth-order valence-corrected chi connectivity index (χ4v) is 5.79. The highest BCUT2D eigenvalue weighted by Gasteiger charge is 2.34. The molecular formula is C29H33BrN2O3S. The average Bonchev–Trinajstić information content (AvgIpc) is 3.36. The Morgan fingerprint density at radius 3 is 2.69 bits per heavy atom. The lowest BCUT2D eigenvalue weighted by molar-refractivity contribution is -0.135. The van der Waals surface area contributed by atoms with Crippen LogP contribution in [0.1, 0.15) is 52.7 Å². The van der Waals surface area contributed by atoms with Gasteiger partial charge in [0.1, 0.15) is 18.9 Å². The molecule has 4 rings (SSSR count). The van der Waals surface area contributed by atoms with Crippen LogP contribution in [0.4, 0.5) is 0 Å². The van der Waals surface area contributed by atoms with Crippen molar-refractivity contribution < 1.29 is 14.3 Å². The molecule has 0 radical (unpaired) electrons. The standard InChI is InChI=1S/C29H33BrN2O3S/c1-4-20(2)17-31(29(34)22-6-5-7-23(30)16-22)18-28(33)32-14-12-27-25(13-15-36-27)26(32)19-35-24-10-8-21(3)9-11-24/h5-11,13,15-16,20,26H,4,12,14,17-19H2,1-3H3/t20-,26+/m1/s1. The molecule has 7 heteroatoms. The number of fused-ring (bicyclic) bond motifs is 1. The maximum absolute atomic E-state index is 13.7. The van der Waals surface area contributed by atoms with E-state index >= 15 is 0 Å². The van der Waals surface area contributed by atoms with Gasteiger partial charge < -0.3 is 14.5 Å².